The summed E-state index contributed by atoms with van der Waals surface area (Å²) in [6.07, 6.45) is 6.38. The number of hydrogen-bond donors (Lipinski definition) is 0. The maximum atomic E-state index is 5.87. The lowest BCUT2D eigenvalue weighted by Gasteiger charge is -2.08. The first-order valence-corrected chi connectivity index (χ1v) is 7.89. The predicted molar refractivity (Wildman–Crippen MR) is 95.6 cm³/mol. The Morgan fingerprint density at radius 2 is 1.74 bits per heavy atom. The molecule has 0 heterocycles. The molecule has 0 N–H and O–H groups in total. The first-order chi connectivity index (χ1) is 11.3. The highest BCUT2D eigenvalue weighted by Gasteiger charge is 2.04. The van der Waals surface area contributed by atoms with Crippen molar-refractivity contribution < 1.29 is 9.47 Å². The molecule has 2 aromatic rings. The molecule has 3 nitrogen and oxygen atoms in total. The molecule has 0 aliphatic rings. The van der Waals surface area contributed by atoms with Gasteiger partial charge in [0, 0.05) is 5.56 Å². The van der Waals surface area contributed by atoms with E-state index in [9.17, 15) is 0 Å². The summed E-state index contributed by atoms with van der Waals surface area (Å²) in [4.78, 5) is 4.63. The number of aliphatic imine (C=N–C) groups is 1. The van der Waals surface area contributed by atoms with Crippen molar-refractivity contribution in [1.29, 1.82) is 0 Å². The number of benzene rings is 2. The lowest BCUT2D eigenvalue weighted by molar-refractivity contribution is 0.351. The highest BCUT2D eigenvalue weighted by molar-refractivity contribution is 5.95. The van der Waals surface area contributed by atoms with Crippen molar-refractivity contribution in [3.05, 3.63) is 72.3 Å². The van der Waals surface area contributed by atoms with Gasteiger partial charge < -0.3 is 9.47 Å². The third-order valence-corrected chi connectivity index (χ3v) is 3.26. The highest BCUT2D eigenvalue weighted by atomic mass is 16.5. The van der Waals surface area contributed by atoms with Crippen LogP contribution in [0.5, 0.6) is 5.75 Å². The Bertz CT molecular complexity index is 630. The normalized spacial score (nSPS) is 11.7. The molecule has 0 radical (unpaired) electrons. The zero-order chi connectivity index (χ0) is 16.3. The van der Waals surface area contributed by atoms with Gasteiger partial charge in [-0.3, -0.25) is 0 Å². The zero-order valence-electron chi connectivity index (χ0n) is 13.7. The average Bonchev–Trinajstić information content (AvgIpc) is 2.62. The molecule has 0 aromatic heterocycles. The van der Waals surface area contributed by atoms with Gasteiger partial charge in [0.05, 0.1) is 12.8 Å². The molecule has 0 amide bonds. The Hall–Kier alpha value is -2.55. The first-order valence-electron chi connectivity index (χ1n) is 7.89. The van der Waals surface area contributed by atoms with Crippen LogP contribution in [0.3, 0.4) is 0 Å². The molecule has 2 aromatic carbocycles. The second-order valence-electron chi connectivity index (χ2n) is 5.05. The summed E-state index contributed by atoms with van der Waals surface area (Å²) in [5.41, 5.74) is 1.80. The van der Waals surface area contributed by atoms with Gasteiger partial charge in [-0.1, -0.05) is 43.7 Å². The molecule has 0 saturated carbocycles. The van der Waals surface area contributed by atoms with Gasteiger partial charge in [-0.25, -0.2) is 4.99 Å². The summed E-state index contributed by atoms with van der Waals surface area (Å²) in [7, 11) is 1.65. The number of nitrogens with zero attached hydrogens (tertiary/aromatic N) is 1. The minimum absolute atomic E-state index is 0.518. The molecule has 0 spiro atoms. The second-order valence-corrected chi connectivity index (χ2v) is 5.05. The van der Waals surface area contributed by atoms with Crippen molar-refractivity contribution in [3.63, 3.8) is 0 Å². The van der Waals surface area contributed by atoms with Gasteiger partial charge in [-0.2, -0.15) is 0 Å². The summed E-state index contributed by atoms with van der Waals surface area (Å²) >= 11 is 0. The van der Waals surface area contributed by atoms with E-state index in [-0.39, 0.29) is 0 Å². The lowest BCUT2D eigenvalue weighted by Crippen LogP contribution is -2.06. The van der Waals surface area contributed by atoms with E-state index in [4.69, 9.17) is 9.47 Å². The molecular weight excluding hydrogens is 286 g/mol. The van der Waals surface area contributed by atoms with Gasteiger partial charge in [0.25, 0.3) is 0 Å². The van der Waals surface area contributed by atoms with Crippen molar-refractivity contribution in [2.45, 2.75) is 19.8 Å². The fraction of sp³-hybridized carbons (Fsp3) is 0.250. The summed E-state index contributed by atoms with van der Waals surface area (Å²) in [6.45, 7) is 2.68. The van der Waals surface area contributed by atoms with Gasteiger partial charge >= 0.3 is 0 Å². The topological polar surface area (TPSA) is 30.8 Å². The lowest BCUT2D eigenvalue weighted by atomic mass is 10.2. The molecule has 0 unspecified atom stereocenters. The molecule has 2 rings (SSSR count). The number of rotatable bonds is 7. The van der Waals surface area contributed by atoms with Crippen molar-refractivity contribution in [2.24, 2.45) is 4.99 Å². The number of ether oxygens (including phenoxy) is 2. The fourth-order valence-electron chi connectivity index (χ4n) is 2.01. The van der Waals surface area contributed by atoms with Crippen molar-refractivity contribution in [2.75, 3.05) is 13.7 Å². The SMILES string of the molecule is CCC/C=C\COC(=Nc1ccc(OC)cc1)c1ccccc1. The maximum absolute atomic E-state index is 5.87. The highest BCUT2D eigenvalue weighted by Crippen LogP contribution is 2.19. The van der Waals surface area contributed by atoms with E-state index in [0.29, 0.717) is 12.5 Å². The van der Waals surface area contributed by atoms with Gasteiger partial charge in [-0.05, 0) is 42.8 Å². The Kier molecular flexibility index (Phi) is 6.92. The number of allylic oxidation sites excluding steroid dienone is 1. The zero-order valence-corrected chi connectivity index (χ0v) is 13.7. The monoisotopic (exact) mass is 309 g/mol. The standard InChI is InChI=1S/C20H23NO2/c1-3-4-5-9-16-23-20(17-10-7-6-8-11-17)21-18-12-14-19(22-2)15-13-18/h5-15H,3-4,16H2,1-2H3/b9-5-,21-20?. The molecule has 120 valence electrons. The van der Waals surface area contributed by atoms with E-state index >= 15 is 0 Å². The van der Waals surface area contributed by atoms with Crippen LogP contribution in [-0.4, -0.2) is 19.6 Å². The van der Waals surface area contributed by atoms with Crippen LogP contribution in [0.4, 0.5) is 5.69 Å². The Labute approximate surface area is 138 Å². The average molecular weight is 309 g/mol. The third kappa shape index (κ3) is 5.62. The third-order valence-electron chi connectivity index (χ3n) is 3.26. The van der Waals surface area contributed by atoms with E-state index in [0.717, 1.165) is 29.8 Å². The van der Waals surface area contributed by atoms with Gasteiger partial charge in [0.15, 0.2) is 0 Å². The minimum Gasteiger partial charge on any atom is -0.497 e. The number of unbranched alkanes of at least 4 members (excludes halogenated alkanes) is 1. The van der Waals surface area contributed by atoms with E-state index in [1.807, 2.05) is 60.7 Å². The minimum atomic E-state index is 0.518. The molecule has 0 aliphatic heterocycles. The summed E-state index contributed by atoms with van der Waals surface area (Å²) in [5.74, 6) is 1.44. The second kappa shape index (κ2) is 9.46. The van der Waals surface area contributed by atoms with Gasteiger partial charge in [0.2, 0.25) is 5.90 Å². The van der Waals surface area contributed by atoms with Crippen molar-refractivity contribution in [3.8, 4) is 5.75 Å². The summed E-state index contributed by atoms with van der Waals surface area (Å²) in [5, 5.41) is 0. The van der Waals surface area contributed by atoms with Crippen molar-refractivity contribution in [1.82, 2.24) is 0 Å². The fourth-order valence-corrected chi connectivity index (χ4v) is 2.01. The van der Waals surface area contributed by atoms with Crippen molar-refractivity contribution >= 4 is 11.6 Å². The smallest absolute Gasteiger partial charge is 0.221 e. The molecule has 0 fully saturated rings. The molecule has 3 heteroatoms. The Morgan fingerprint density at radius 1 is 1.00 bits per heavy atom. The first kappa shape index (κ1) is 16.8. The van der Waals surface area contributed by atoms with Crippen LogP contribution in [0.2, 0.25) is 0 Å². The van der Waals surface area contributed by atoms with Crippen LogP contribution < -0.4 is 4.74 Å². The van der Waals surface area contributed by atoms with E-state index in [2.05, 4.69) is 18.0 Å². The van der Waals surface area contributed by atoms with E-state index < -0.39 is 0 Å². The molecule has 0 saturated heterocycles. The maximum Gasteiger partial charge on any atom is 0.221 e. The quantitative estimate of drug-likeness (QED) is 0.402. The summed E-state index contributed by atoms with van der Waals surface area (Å²) in [6, 6.07) is 17.6. The van der Waals surface area contributed by atoms with Crippen LogP contribution in [0.15, 0.2) is 71.7 Å². The molecule has 23 heavy (non-hydrogen) atoms. The van der Waals surface area contributed by atoms with Crippen LogP contribution in [0.25, 0.3) is 0 Å². The Morgan fingerprint density at radius 3 is 2.39 bits per heavy atom. The van der Waals surface area contributed by atoms with Crippen LogP contribution in [-0.2, 0) is 4.74 Å². The van der Waals surface area contributed by atoms with Gasteiger partial charge in [0.1, 0.15) is 12.4 Å². The molecule has 0 atom stereocenters. The van der Waals surface area contributed by atoms with Gasteiger partial charge in [-0.15, -0.1) is 0 Å². The van der Waals surface area contributed by atoms with E-state index in [1.54, 1.807) is 7.11 Å². The van der Waals surface area contributed by atoms with Crippen LogP contribution in [0.1, 0.15) is 25.3 Å². The summed E-state index contributed by atoms with van der Waals surface area (Å²) < 4.78 is 11.0. The molecule has 0 bridgehead atoms. The predicted octanol–water partition coefficient (Wildman–Crippen LogP) is 5.15. The van der Waals surface area contributed by atoms with E-state index in [1.165, 1.54) is 0 Å². The van der Waals surface area contributed by atoms with Crippen LogP contribution in [0, 0.1) is 0 Å². The number of methoxy groups -OCH3 is 1. The van der Waals surface area contributed by atoms with Crippen LogP contribution >= 0.6 is 0 Å². The Balaban J connectivity index is 2.16. The molecular formula is C20H23NO2. The number of hydrogen-bond acceptors (Lipinski definition) is 3. The molecule has 0 aliphatic carbocycles. The largest absolute Gasteiger partial charge is 0.497 e.